The molecule has 0 aliphatic rings. The van der Waals surface area contributed by atoms with Crippen molar-refractivity contribution in [2.24, 2.45) is 0 Å². The number of hydrogen-bond donors (Lipinski definition) is 1. The van der Waals surface area contributed by atoms with Crippen molar-refractivity contribution in [1.29, 1.82) is 0 Å². The molecular weight excluding hydrogens is 329 g/mol. The van der Waals surface area contributed by atoms with Gasteiger partial charge in [-0.05, 0) is 39.0 Å². The Morgan fingerprint density at radius 3 is 2.73 bits per heavy atom. The van der Waals surface area contributed by atoms with E-state index in [4.69, 9.17) is 32.5 Å². The molecule has 0 saturated carbocycles. The molecule has 0 aliphatic carbocycles. The highest BCUT2D eigenvalue weighted by molar-refractivity contribution is 6.36. The fraction of sp³-hybridized carbons (Fsp3) is 0.357. The van der Waals surface area contributed by atoms with Crippen LogP contribution in [0.15, 0.2) is 22.7 Å². The number of benzene rings is 1. The average Bonchev–Trinajstić information content (AvgIpc) is 2.83. The standard InChI is InChI=1S/C14H15Cl2N3O3/c1-14(2,3)21-13(20)17-7-11-18-12(22-19-11)9-5-4-8(15)6-10(9)16/h4-6H,7H2,1-3H3,(H,17,20). The van der Waals surface area contributed by atoms with E-state index in [-0.39, 0.29) is 12.4 Å². The highest BCUT2D eigenvalue weighted by Gasteiger charge is 2.17. The van der Waals surface area contributed by atoms with Crippen LogP contribution in [0.25, 0.3) is 11.5 Å². The third kappa shape index (κ3) is 4.61. The zero-order valence-corrected chi connectivity index (χ0v) is 13.8. The summed E-state index contributed by atoms with van der Waals surface area (Å²) in [6, 6.07) is 4.94. The van der Waals surface area contributed by atoms with Crippen LogP contribution in [-0.4, -0.2) is 21.8 Å². The lowest BCUT2D eigenvalue weighted by Crippen LogP contribution is -2.32. The van der Waals surface area contributed by atoms with E-state index in [1.54, 1.807) is 39.0 Å². The van der Waals surface area contributed by atoms with Gasteiger partial charge in [0.1, 0.15) is 5.60 Å². The second-order valence-electron chi connectivity index (χ2n) is 5.50. The van der Waals surface area contributed by atoms with Crippen LogP contribution in [0.1, 0.15) is 26.6 Å². The minimum absolute atomic E-state index is 0.0869. The molecule has 1 amide bonds. The Morgan fingerprint density at radius 1 is 1.36 bits per heavy atom. The molecule has 8 heteroatoms. The van der Waals surface area contributed by atoms with Gasteiger partial charge < -0.3 is 14.6 Å². The zero-order chi connectivity index (χ0) is 16.3. The number of carbonyl (C=O) groups excluding carboxylic acids is 1. The lowest BCUT2D eigenvalue weighted by molar-refractivity contribution is 0.0522. The van der Waals surface area contributed by atoms with Gasteiger partial charge in [-0.2, -0.15) is 4.98 Å². The normalized spacial score (nSPS) is 11.3. The summed E-state index contributed by atoms with van der Waals surface area (Å²) in [6.07, 6.45) is -0.552. The first-order chi connectivity index (χ1) is 10.2. The van der Waals surface area contributed by atoms with Gasteiger partial charge in [0, 0.05) is 5.02 Å². The SMILES string of the molecule is CC(C)(C)OC(=O)NCc1noc(-c2ccc(Cl)cc2Cl)n1. The number of nitrogens with zero attached hydrogens (tertiary/aromatic N) is 2. The Balaban J connectivity index is 2.01. The van der Waals surface area contributed by atoms with Gasteiger partial charge in [0.15, 0.2) is 5.82 Å². The molecule has 1 heterocycles. The molecule has 2 aromatic rings. The van der Waals surface area contributed by atoms with Crippen molar-refractivity contribution in [2.45, 2.75) is 32.9 Å². The van der Waals surface area contributed by atoms with Crippen molar-refractivity contribution in [3.63, 3.8) is 0 Å². The molecule has 118 valence electrons. The summed E-state index contributed by atoms with van der Waals surface area (Å²) in [4.78, 5) is 15.7. The smallest absolute Gasteiger partial charge is 0.408 e. The molecule has 1 aromatic heterocycles. The lowest BCUT2D eigenvalue weighted by atomic mass is 10.2. The first-order valence-corrected chi connectivity index (χ1v) is 7.25. The quantitative estimate of drug-likeness (QED) is 0.908. The van der Waals surface area contributed by atoms with E-state index in [1.165, 1.54) is 0 Å². The van der Waals surface area contributed by atoms with E-state index in [9.17, 15) is 4.79 Å². The fourth-order valence-corrected chi connectivity index (χ4v) is 2.05. The number of aromatic nitrogens is 2. The third-order valence-electron chi connectivity index (χ3n) is 2.42. The van der Waals surface area contributed by atoms with Crippen molar-refractivity contribution in [3.8, 4) is 11.5 Å². The van der Waals surface area contributed by atoms with Gasteiger partial charge in [-0.3, -0.25) is 0 Å². The molecule has 1 N–H and O–H groups in total. The third-order valence-corrected chi connectivity index (χ3v) is 2.97. The van der Waals surface area contributed by atoms with E-state index >= 15 is 0 Å². The van der Waals surface area contributed by atoms with E-state index in [0.717, 1.165) is 0 Å². The maximum absolute atomic E-state index is 11.5. The van der Waals surface area contributed by atoms with E-state index in [2.05, 4.69) is 15.5 Å². The second-order valence-corrected chi connectivity index (χ2v) is 6.34. The molecule has 1 aromatic carbocycles. The number of alkyl carbamates (subject to hydrolysis) is 1. The summed E-state index contributed by atoms with van der Waals surface area (Å²) in [7, 11) is 0. The predicted octanol–water partition coefficient (Wildman–Crippen LogP) is 4.07. The molecule has 6 nitrogen and oxygen atoms in total. The van der Waals surface area contributed by atoms with Crippen LogP contribution in [-0.2, 0) is 11.3 Å². The maximum Gasteiger partial charge on any atom is 0.408 e. The summed E-state index contributed by atoms with van der Waals surface area (Å²) < 4.78 is 10.2. The van der Waals surface area contributed by atoms with Crippen LogP contribution >= 0.6 is 23.2 Å². The number of halogens is 2. The summed E-state index contributed by atoms with van der Waals surface area (Å²) in [5.74, 6) is 0.564. The highest BCUT2D eigenvalue weighted by atomic mass is 35.5. The molecule has 0 spiro atoms. The van der Waals surface area contributed by atoms with Crippen LogP contribution in [0.2, 0.25) is 10.0 Å². The molecule has 22 heavy (non-hydrogen) atoms. The van der Waals surface area contributed by atoms with Crippen LogP contribution in [0.4, 0.5) is 4.79 Å². The molecule has 2 rings (SSSR count). The molecule has 0 atom stereocenters. The minimum Gasteiger partial charge on any atom is -0.444 e. The highest BCUT2D eigenvalue weighted by Crippen LogP contribution is 2.29. The number of amides is 1. The fourth-order valence-electron chi connectivity index (χ4n) is 1.56. The summed E-state index contributed by atoms with van der Waals surface area (Å²) >= 11 is 11.9. The van der Waals surface area contributed by atoms with Gasteiger partial charge >= 0.3 is 6.09 Å². The number of ether oxygens (including phenoxy) is 1. The predicted molar refractivity (Wildman–Crippen MR) is 82.8 cm³/mol. The number of carbonyl (C=O) groups is 1. The first-order valence-electron chi connectivity index (χ1n) is 6.49. The van der Waals surface area contributed by atoms with Crippen molar-refractivity contribution in [3.05, 3.63) is 34.1 Å². The Morgan fingerprint density at radius 2 is 2.09 bits per heavy atom. The van der Waals surface area contributed by atoms with Gasteiger partial charge in [-0.25, -0.2) is 4.79 Å². The van der Waals surface area contributed by atoms with Crippen LogP contribution < -0.4 is 5.32 Å². The number of rotatable bonds is 3. The molecule has 0 fully saturated rings. The van der Waals surface area contributed by atoms with Crippen molar-refractivity contribution in [2.75, 3.05) is 0 Å². The molecule has 0 radical (unpaired) electrons. The van der Waals surface area contributed by atoms with Crippen molar-refractivity contribution in [1.82, 2.24) is 15.5 Å². The van der Waals surface area contributed by atoms with Crippen molar-refractivity contribution >= 4 is 29.3 Å². The monoisotopic (exact) mass is 343 g/mol. The van der Waals surface area contributed by atoms with E-state index in [0.29, 0.717) is 21.4 Å². The molecule has 0 saturated heterocycles. The van der Waals surface area contributed by atoms with Gasteiger partial charge in [0.05, 0.1) is 17.1 Å². The zero-order valence-electron chi connectivity index (χ0n) is 12.3. The molecular formula is C14H15Cl2N3O3. The molecule has 0 aliphatic heterocycles. The Labute approximate surface area is 137 Å². The lowest BCUT2D eigenvalue weighted by Gasteiger charge is -2.19. The van der Waals surface area contributed by atoms with Crippen LogP contribution in [0.5, 0.6) is 0 Å². The minimum atomic E-state index is -0.566. The number of hydrogen-bond acceptors (Lipinski definition) is 5. The number of nitrogens with one attached hydrogen (secondary N) is 1. The summed E-state index contributed by atoms with van der Waals surface area (Å²) in [6.45, 7) is 5.42. The van der Waals surface area contributed by atoms with Gasteiger partial charge in [0.2, 0.25) is 0 Å². The Bertz CT molecular complexity index is 680. The topological polar surface area (TPSA) is 77.2 Å². The average molecular weight is 344 g/mol. The largest absolute Gasteiger partial charge is 0.444 e. The molecule has 0 bridgehead atoms. The second kappa shape index (κ2) is 6.54. The molecule has 0 unspecified atom stereocenters. The van der Waals surface area contributed by atoms with Crippen molar-refractivity contribution < 1.29 is 14.1 Å². The first kappa shape index (κ1) is 16.6. The summed E-state index contributed by atoms with van der Waals surface area (Å²) in [5, 5.41) is 7.24. The Kier molecular flexibility index (Phi) is 4.93. The van der Waals surface area contributed by atoms with E-state index in [1.807, 2.05) is 0 Å². The van der Waals surface area contributed by atoms with Crippen LogP contribution in [0.3, 0.4) is 0 Å². The Hall–Kier alpha value is -1.79. The van der Waals surface area contributed by atoms with Crippen LogP contribution in [0, 0.1) is 0 Å². The van der Waals surface area contributed by atoms with Gasteiger partial charge in [-0.15, -0.1) is 0 Å². The van der Waals surface area contributed by atoms with E-state index < -0.39 is 11.7 Å². The maximum atomic E-state index is 11.5. The van der Waals surface area contributed by atoms with Gasteiger partial charge in [0.25, 0.3) is 5.89 Å². The van der Waals surface area contributed by atoms with Gasteiger partial charge in [-0.1, -0.05) is 28.4 Å². The summed E-state index contributed by atoms with van der Waals surface area (Å²) in [5.41, 5.74) is 0.00523.